The first kappa shape index (κ1) is 21.4. The molecule has 8 nitrogen and oxygen atoms in total. The number of hydrogen-bond donors (Lipinski definition) is 1. The maximum Gasteiger partial charge on any atom is 0.265 e. The number of likely N-dealkylation sites (N-methyl/N-ethyl adjacent to an activating group) is 1. The first-order valence-corrected chi connectivity index (χ1v) is 9.83. The van der Waals surface area contributed by atoms with E-state index in [1.807, 2.05) is 25.9 Å². The molecule has 0 saturated heterocycles. The SMILES string of the molecule is CCOc1ccc(OCC(=O)Nc2ccc3c(c2)N(CCN(C)C)C(=O)CO3)cc1. The summed E-state index contributed by atoms with van der Waals surface area (Å²) in [5.41, 5.74) is 1.22. The smallest absolute Gasteiger partial charge is 0.265 e. The van der Waals surface area contributed by atoms with Gasteiger partial charge >= 0.3 is 0 Å². The van der Waals surface area contributed by atoms with E-state index < -0.39 is 0 Å². The Bertz CT molecular complexity index is 883. The molecule has 0 fully saturated rings. The van der Waals surface area contributed by atoms with E-state index >= 15 is 0 Å². The van der Waals surface area contributed by atoms with Crippen LogP contribution in [0.3, 0.4) is 0 Å². The largest absolute Gasteiger partial charge is 0.494 e. The van der Waals surface area contributed by atoms with E-state index in [9.17, 15) is 9.59 Å². The summed E-state index contributed by atoms with van der Waals surface area (Å²) in [6, 6.07) is 12.3. The van der Waals surface area contributed by atoms with Crippen molar-refractivity contribution in [2.45, 2.75) is 6.92 Å². The Balaban J connectivity index is 1.61. The van der Waals surface area contributed by atoms with Crippen molar-refractivity contribution >= 4 is 23.2 Å². The lowest BCUT2D eigenvalue weighted by Gasteiger charge is -2.30. The fourth-order valence-electron chi connectivity index (χ4n) is 2.97. The van der Waals surface area contributed by atoms with Crippen molar-refractivity contribution in [3.8, 4) is 17.2 Å². The number of hydrogen-bond acceptors (Lipinski definition) is 6. The number of anilines is 2. The van der Waals surface area contributed by atoms with E-state index in [0.29, 0.717) is 36.0 Å². The van der Waals surface area contributed by atoms with E-state index in [1.54, 1.807) is 47.4 Å². The quantitative estimate of drug-likeness (QED) is 0.680. The molecule has 2 aromatic rings. The van der Waals surface area contributed by atoms with E-state index in [0.717, 1.165) is 12.3 Å². The summed E-state index contributed by atoms with van der Waals surface area (Å²) in [4.78, 5) is 28.3. The monoisotopic (exact) mass is 413 g/mol. The zero-order valence-corrected chi connectivity index (χ0v) is 17.5. The van der Waals surface area contributed by atoms with Gasteiger partial charge in [0.05, 0.1) is 12.3 Å². The van der Waals surface area contributed by atoms with Crippen molar-refractivity contribution in [3.05, 3.63) is 42.5 Å². The number of amides is 2. The summed E-state index contributed by atoms with van der Waals surface area (Å²) in [5, 5.41) is 2.80. The molecule has 0 radical (unpaired) electrons. The third kappa shape index (κ3) is 5.64. The molecule has 3 rings (SSSR count). The molecule has 1 heterocycles. The van der Waals surface area contributed by atoms with Crippen LogP contribution < -0.4 is 24.4 Å². The Hall–Kier alpha value is -3.26. The van der Waals surface area contributed by atoms with Gasteiger partial charge in [0.25, 0.3) is 11.8 Å². The highest BCUT2D eigenvalue weighted by molar-refractivity contribution is 5.99. The van der Waals surface area contributed by atoms with Gasteiger partial charge in [-0.15, -0.1) is 0 Å². The van der Waals surface area contributed by atoms with E-state index in [-0.39, 0.29) is 25.0 Å². The standard InChI is InChI=1S/C22H27N3O5/c1-4-28-17-6-8-18(9-7-17)29-14-21(26)23-16-5-10-20-19(13-16)25(12-11-24(2)3)22(27)15-30-20/h5-10,13H,4,11-12,14-15H2,1-3H3,(H,23,26). The Morgan fingerprint density at radius 3 is 2.50 bits per heavy atom. The van der Waals surface area contributed by atoms with Gasteiger partial charge in [0.15, 0.2) is 13.2 Å². The van der Waals surface area contributed by atoms with Crippen LogP contribution in [0.4, 0.5) is 11.4 Å². The first-order valence-electron chi connectivity index (χ1n) is 9.83. The molecule has 1 aliphatic rings. The molecule has 160 valence electrons. The molecule has 0 spiro atoms. The highest BCUT2D eigenvalue weighted by Crippen LogP contribution is 2.34. The second kappa shape index (κ2) is 9.98. The van der Waals surface area contributed by atoms with E-state index in [1.165, 1.54) is 0 Å². The molecular formula is C22H27N3O5. The van der Waals surface area contributed by atoms with Crippen molar-refractivity contribution < 1.29 is 23.8 Å². The van der Waals surface area contributed by atoms with Gasteiger partial charge in [-0.2, -0.15) is 0 Å². The highest BCUT2D eigenvalue weighted by Gasteiger charge is 2.25. The fraction of sp³-hybridized carbons (Fsp3) is 0.364. The number of rotatable bonds is 9. The molecule has 0 aliphatic carbocycles. The van der Waals surface area contributed by atoms with Gasteiger partial charge in [-0.25, -0.2) is 0 Å². The van der Waals surface area contributed by atoms with Crippen LogP contribution in [0.1, 0.15) is 6.92 Å². The number of carbonyl (C=O) groups is 2. The molecule has 2 amide bonds. The average Bonchev–Trinajstić information content (AvgIpc) is 2.72. The fourth-order valence-corrected chi connectivity index (χ4v) is 2.97. The van der Waals surface area contributed by atoms with Crippen LogP contribution in [0, 0.1) is 0 Å². The predicted octanol–water partition coefficient (Wildman–Crippen LogP) is 2.39. The molecule has 0 unspecified atom stereocenters. The maximum absolute atomic E-state index is 12.3. The molecule has 2 aromatic carbocycles. The molecule has 1 aliphatic heterocycles. The second-order valence-corrected chi connectivity index (χ2v) is 7.06. The number of carbonyl (C=O) groups excluding carboxylic acids is 2. The lowest BCUT2D eigenvalue weighted by Crippen LogP contribution is -2.42. The summed E-state index contributed by atoms with van der Waals surface area (Å²) >= 11 is 0. The van der Waals surface area contributed by atoms with Gasteiger partial charge in [-0.1, -0.05) is 0 Å². The van der Waals surface area contributed by atoms with Gasteiger partial charge < -0.3 is 29.3 Å². The van der Waals surface area contributed by atoms with Crippen LogP contribution in [-0.2, 0) is 9.59 Å². The van der Waals surface area contributed by atoms with Crippen molar-refractivity contribution in [1.29, 1.82) is 0 Å². The van der Waals surface area contributed by atoms with Crippen molar-refractivity contribution in [2.75, 3.05) is 57.2 Å². The highest BCUT2D eigenvalue weighted by atomic mass is 16.5. The lowest BCUT2D eigenvalue weighted by molar-refractivity contribution is -0.121. The molecule has 0 saturated carbocycles. The topological polar surface area (TPSA) is 80.3 Å². The van der Waals surface area contributed by atoms with Crippen LogP contribution >= 0.6 is 0 Å². The third-order valence-electron chi connectivity index (χ3n) is 4.46. The normalized spacial score (nSPS) is 12.9. The number of fused-ring (bicyclic) bond motifs is 1. The Morgan fingerprint density at radius 2 is 1.83 bits per heavy atom. The number of ether oxygens (including phenoxy) is 3. The van der Waals surface area contributed by atoms with Gasteiger partial charge in [0.1, 0.15) is 17.2 Å². The van der Waals surface area contributed by atoms with E-state index in [4.69, 9.17) is 14.2 Å². The number of nitrogens with zero attached hydrogens (tertiary/aromatic N) is 2. The summed E-state index contributed by atoms with van der Waals surface area (Å²) in [6.45, 7) is 3.65. The average molecular weight is 413 g/mol. The first-order chi connectivity index (χ1) is 14.5. The predicted molar refractivity (Wildman–Crippen MR) is 115 cm³/mol. The van der Waals surface area contributed by atoms with Crippen LogP contribution in [0.2, 0.25) is 0 Å². The zero-order chi connectivity index (χ0) is 21.5. The lowest BCUT2D eigenvalue weighted by atomic mass is 10.2. The van der Waals surface area contributed by atoms with Gasteiger partial charge in [-0.05, 0) is 63.5 Å². The van der Waals surface area contributed by atoms with Crippen molar-refractivity contribution in [3.63, 3.8) is 0 Å². The minimum absolute atomic E-state index is 0.0159. The molecule has 30 heavy (non-hydrogen) atoms. The Labute approximate surface area is 176 Å². The van der Waals surface area contributed by atoms with Gasteiger partial charge in [-0.3, -0.25) is 9.59 Å². The Morgan fingerprint density at radius 1 is 1.13 bits per heavy atom. The van der Waals surface area contributed by atoms with Crippen LogP contribution in [0.15, 0.2) is 42.5 Å². The minimum atomic E-state index is -0.299. The summed E-state index contributed by atoms with van der Waals surface area (Å²) in [7, 11) is 3.90. The number of nitrogens with one attached hydrogen (secondary N) is 1. The van der Waals surface area contributed by atoms with Crippen molar-refractivity contribution in [1.82, 2.24) is 4.90 Å². The van der Waals surface area contributed by atoms with Crippen LogP contribution in [0.25, 0.3) is 0 Å². The van der Waals surface area contributed by atoms with Crippen molar-refractivity contribution in [2.24, 2.45) is 0 Å². The third-order valence-corrected chi connectivity index (χ3v) is 4.46. The Kier molecular flexibility index (Phi) is 7.13. The molecule has 0 bridgehead atoms. The summed E-state index contributed by atoms with van der Waals surface area (Å²) in [6.07, 6.45) is 0. The van der Waals surface area contributed by atoms with E-state index in [2.05, 4.69) is 5.32 Å². The maximum atomic E-state index is 12.3. The molecule has 0 atom stereocenters. The molecule has 0 aromatic heterocycles. The summed E-state index contributed by atoms with van der Waals surface area (Å²) in [5.74, 6) is 1.54. The molecule has 1 N–H and O–H groups in total. The van der Waals surface area contributed by atoms with Crippen LogP contribution in [-0.4, -0.2) is 63.7 Å². The minimum Gasteiger partial charge on any atom is -0.494 e. The molecular weight excluding hydrogens is 386 g/mol. The zero-order valence-electron chi connectivity index (χ0n) is 17.5. The van der Waals surface area contributed by atoms with Gasteiger partial charge in [0.2, 0.25) is 0 Å². The molecule has 8 heteroatoms. The second-order valence-electron chi connectivity index (χ2n) is 7.06. The van der Waals surface area contributed by atoms with Crippen LogP contribution in [0.5, 0.6) is 17.2 Å². The number of benzene rings is 2. The summed E-state index contributed by atoms with van der Waals surface area (Å²) < 4.78 is 16.4. The van der Waals surface area contributed by atoms with Gasteiger partial charge in [0, 0.05) is 18.8 Å².